The second-order valence-corrected chi connectivity index (χ2v) is 4.96. The summed E-state index contributed by atoms with van der Waals surface area (Å²) in [4.78, 5) is 13.8. The molecule has 1 amide bonds. The number of likely N-dealkylation sites (N-methyl/N-ethyl adjacent to an activating group) is 1. The van der Waals surface area contributed by atoms with Crippen LogP contribution in [-0.4, -0.2) is 30.9 Å². The minimum atomic E-state index is 0.0757. The van der Waals surface area contributed by atoms with Crippen LogP contribution in [0, 0.1) is 0 Å². The van der Waals surface area contributed by atoms with Gasteiger partial charge in [0.25, 0.3) is 0 Å². The van der Waals surface area contributed by atoms with E-state index in [-0.39, 0.29) is 11.9 Å². The Balaban J connectivity index is 2.48. The highest BCUT2D eigenvalue weighted by Gasteiger charge is 2.14. The standard InChI is InChI=1S/C15H25N3O/c1-4-5-9-17-15(19)11-18(3)12(2)13-7-6-8-14(16)10-13/h6-8,10,12H,4-5,9,11,16H2,1-3H3,(H,17,19). The summed E-state index contributed by atoms with van der Waals surface area (Å²) >= 11 is 0. The van der Waals surface area contributed by atoms with Gasteiger partial charge in [0.05, 0.1) is 6.54 Å². The molecule has 1 aromatic carbocycles. The lowest BCUT2D eigenvalue weighted by Crippen LogP contribution is -2.36. The summed E-state index contributed by atoms with van der Waals surface area (Å²) in [5, 5.41) is 2.93. The molecule has 0 radical (unpaired) electrons. The Labute approximate surface area is 116 Å². The van der Waals surface area contributed by atoms with Crippen molar-refractivity contribution >= 4 is 11.6 Å². The Morgan fingerprint density at radius 3 is 2.84 bits per heavy atom. The van der Waals surface area contributed by atoms with Crippen molar-refractivity contribution < 1.29 is 4.79 Å². The van der Waals surface area contributed by atoms with Crippen LogP contribution in [0.15, 0.2) is 24.3 Å². The molecule has 19 heavy (non-hydrogen) atoms. The first-order valence-electron chi connectivity index (χ1n) is 6.87. The van der Waals surface area contributed by atoms with Crippen molar-refractivity contribution in [1.29, 1.82) is 0 Å². The van der Waals surface area contributed by atoms with Crippen LogP contribution in [0.1, 0.15) is 38.3 Å². The Morgan fingerprint density at radius 2 is 2.21 bits per heavy atom. The fraction of sp³-hybridized carbons (Fsp3) is 0.533. The van der Waals surface area contributed by atoms with Gasteiger partial charge < -0.3 is 11.1 Å². The van der Waals surface area contributed by atoms with Crippen LogP contribution in [0.5, 0.6) is 0 Å². The molecule has 0 heterocycles. The van der Waals surface area contributed by atoms with Crippen LogP contribution in [0.2, 0.25) is 0 Å². The second-order valence-electron chi connectivity index (χ2n) is 4.96. The fourth-order valence-corrected chi connectivity index (χ4v) is 1.90. The smallest absolute Gasteiger partial charge is 0.234 e. The zero-order chi connectivity index (χ0) is 14.3. The number of amides is 1. The van der Waals surface area contributed by atoms with Crippen molar-refractivity contribution in [2.45, 2.75) is 32.7 Å². The molecule has 0 bridgehead atoms. The minimum Gasteiger partial charge on any atom is -0.399 e. The van der Waals surface area contributed by atoms with E-state index in [1.807, 2.05) is 36.2 Å². The molecule has 3 N–H and O–H groups in total. The van der Waals surface area contributed by atoms with Crippen molar-refractivity contribution in [2.75, 3.05) is 25.9 Å². The molecule has 0 aliphatic heterocycles. The van der Waals surface area contributed by atoms with Gasteiger partial charge in [0, 0.05) is 18.3 Å². The maximum Gasteiger partial charge on any atom is 0.234 e. The maximum atomic E-state index is 11.8. The Kier molecular flexibility index (Phi) is 6.36. The van der Waals surface area contributed by atoms with Crippen LogP contribution in [0.3, 0.4) is 0 Å². The molecule has 0 spiro atoms. The van der Waals surface area contributed by atoms with E-state index < -0.39 is 0 Å². The zero-order valence-electron chi connectivity index (χ0n) is 12.1. The Morgan fingerprint density at radius 1 is 1.47 bits per heavy atom. The molecular weight excluding hydrogens is 238 g/mol. The van der Waals surface area contributed by atoms with Gasteiger partial charge in [-0.25, -0.2) is 0 Å². The molecule has 4 nitrogen and oxygen atoms in total. The average Bonchev–Trinajstić information content (AvgIpc) is 2.38. The van der Waals surface area contributed by atoms with Gasteiger partial charge in [-0.15, -0.1) is 0 Å². The summed E-state index contributed by atoms with van der Waals surface area (Å²) in [6.45, 7) is 5.35. The number of carbonyl (C=O) groups excluding carboxylic acids is 1. The van der Waals surface area contributed by atoms with Gasteiger partial charge >= 0.3 is 0 Å². The van der Waals surface area contributed by atoms with Crippen LogP contribution >= 0.6 is 0 Å². The van der Waals surface area contributed by atoms with Crippen molar-refractivity contribution in [1.82, 2.24) is 10.2 Å². The Bertz CT molecular complexity index is 406. The van der Waals surface area contributed by atoms with Crippen LogP contribution in [0.25, 0.3) is 0 Å². The van der Waals surface area contributed by atoms with E-state index in [1.54, 1.807) is 0 Å². The molecule has 1 unspecified atom stereocenters. The molecule has 0 fully saturated rings. The molecular formula is C15H25N3O. The lowest BCUT2D eigenvalue weighted by Gasteiger charge is -2.24. The van der Waals surface area contributed by atoms with Crippen LogP contribution in [-0.2, 0) is 4.79 Å². The van der Waals surface area contributed by atoms with Gasteiger partial charge in [-0.05, 0) is 38.1 Å². The largest absolute Gasteiger partial charge is 0.399 e. The molecule has 0 aromatic heterocycles. The molecule has 0 saturated heterocycles. The zero-order valence-corrected chi connectivity index (χ0v) is 12.1. The van der Waals surface area contributed by atoms with E-state index in [1.165, 1.54) is 0 Å². The molecule has 1 rings (SSSR count). The normalized spacial score (nSPS) is 12.4. The third kappa shape index (κ3) is 5.30. The third-order valence-electron chi connectivity index (χ3n) is 3.30. The number of hydrogen-bond acceptors (Lipinski definition) is 3. The first kappa shape index (κ1) is 15.5. The van der Waals surface area contributed by atoms with Crippen molar-refractivity contribution in [3.63, 3.8) is 0 Å². The molecule has 106 valence electrons. The highest BCUT2D eigenvalue weighted by Crippen LogP contribution is 2.20. The van der Waals surface area contributed by atoms with E-state index in [0.29, 0.717) is 6.54 Å². The Hall–Kier alpha value is -1.55. The van der Waals surface area contributed by atoms with E-state index in [4.69, 9.17) is 5.73 Å². The summed E-state index contributed by atoms with van der Waals surface area (Å²) in [5.41, 5.74) is 7.66. The third-order valence-corrected chi connectivity index (χ3v) is 3.30. The molecule has 4 heteroatoms. The van der Waals surface area contributed by atoms with Crippen molar-refractivity contribution in [2.24, 2.45) is 0 Å². The highest BCUT2D eigenvalue weighted by atomic mass is 16.2. The summed E-state index contributed by atoms with van der Waals surface area (Å²) in [5.74, 6) is 0.0757. The van der Waals surface area contributed by atoms with Crippen LogP contribution < -0.4 is 11.1 Å². The van der Waals surface area contributed by atoms with Gasteiger partial charge in [-0.3, -0.25) is 9.69 Å². The van der Waals surface area contributed by atoms with Gasteiger partial charge in [-0.1, -0.05) is 25.5 Å². The predicted molar refractivity (Wildman–Crippen MR) is 79.8 cm³/mol. The lowest BCUT2D eigenvalue weighted by molar-refractivity contribution is -0.122. The lowest BCUT2D eigenvalue weighted by atomic mass is 10.1. The van der Waals surface area contributed by atoms with Crippen molar-refractivity contribution in [3.8, 4) is 0 Å². The highest BCUT2D eigenvalue weighted by molar-refractivity contribution is 5.78. The number of benzene rings is 1. The predicted octanol–water partition coefficient (Wildman–Crippen LogP) is 2.18. The topological polar surface area (TPSA) is 58.4 Å². The van der Waals surface area contributed by atoms with E-state index in [0.717, 1.165) is 30.6 Å². The SMILES string of the molecule is CCCCNC(=O)CN(C)C(C)c1cccc(N)c1. The summed E-state index contributed by atoms with van der Waals surface area (Å²) in [6, 6.07) is 7.97. The summed E-state index contributed by atoms with van der Waals surface area (Å²) in [6.07, 6.45) is 2.12. The van der Waals surface area contributed by atoms with E-state index >= 15 is 0 Å². The first-order valence-corrected chi connectivity index (χ1v) is 6.87. The van der Waals surface area contributed by atoms with Gasteiger partial charge in [-0.2, -0.15) is 0 Å². The molecule has 0 aliphatic carbocycles. The average molecular weight is 263 g/mol. The van der Waals surface area contributed by atoms with E-state index in [2.05, 4.69) is 19.2 Å². The minimum absolute atomic E-state index is 0.0757. The first-order chi connectivity index (χ1) is 9.04. The summed E-state index contributed by atoms with van der Waals surface area (Å²) in [7, 11) is 1.95. The van der Waals surface area contributed by atoms with Crippen LogP contribution in [0.4, 0.5) is 5.69 Å². The number of carbonyl (C=O) groups is 1. The number of hydrogen-bond donors (Lipinski definition) is 2. The quantitative estimate of drug-likeness (QED) is 0.585. The number of nitrogen functional groups attached to an aromatic ring is 1. The van der Waals surface area contributed by atoms with Gasteiger partial charge in [0.1, 0.15) is 0 Å². The number of nitrogens with zero attached hydrogens (tertiary/aromatic N) is 1. The van der Waals surface area contributed by atoms with Gasteiger partial charge in [0.15, 0.2) is 0 Å². The molecule has 0 saturated carbocycles. The molecule has 0 aliphatic rings. The number of rotatable bonds is 7. The number of unbranched alkanes of at least 4 members (excludes halogenated alkanes) is 1. The van der Waals surface area contributed by atoms with Crippen molar-refractivity contribution in [3.05, 3.63) is 29.8 Å². The van der Waals surface area contributed by atoms with E-state index in [9.17, 15) is 4.79 Å². The second kappa shape index (κ2) is 7.79. The number of anilines is 1. The van der Waals surface area contributed by atoms with Gasteiger partial charge in [0.2, 0.25) is 5.91 Å². The monoisotopic (exact) mass is 263 g/mol. The molecule has 1 aromatic rings. The fourth-order valence-electron chi connectivity index (χ4n) is 1.90. The molecule has 1 atom stereocenters. The maximum absolute atomic E-state index is 11.8. The number of nitrogens with two attached hydrogens (primary N) is 1. The summed E-state index contributed by atoms with van der Waals surface area (Å²) < 4.78 is 0. The number of nitrogens with one attached hydrogen (secondary N) is 1.